The lowest BCUT2D eigenvalue weighted by Gasteiger charge is -2.29. The van der Waals surface area contributed by atoms with Crippen molar-refractivity contribution in [2.24, 2.45) is 0 Å². The number of amides is 2. The molecule has 1 heterocycles. The largest absolute Gasteiger partial charge is 0.322 e. The Labute approximate surface area is 178 Å². The summed E-state index contributed by atoms with van der Waals surface area (Å²) in [6.45, 7) is 3.79. The van der Waals surface area contributed by atoms with Crippen LogP contribution in [0.4, 0.5) is 10.5 Å². The average Bonchev–Trinajstić information content (AvgIpc) is 2.73. The Morgan fingerprint density at radius 3 is 2.60 bits per heavy atom. The molecule has 2 aromatic carbocycles. The number of anilines is 1. The van der Waals surface area contributed by atoms with E-state index in [-0.39, 0.29) is 6.03 Å². The van der Waals surface area contributed by atoms with Crippen molar-refractivity contribution in [1.82, 2.24) is 9.21 Å². The third kappa shape index (κ3) is 5.17. The highest BCUT2D eigenvalue weighted by Gasteiger charge is 2.25. The summed E-state index contributed by atoms with van der Waals surface area (Å²) in [5.74, 6) is 0. The number of benzene rings is 2. The van der Waals surface area contributed by atoms with Gasteiger partial charge in [0.05, 0.1) is 17.9 Å². The van der Waals surface area contributed by atoms with Crippen LogP contribution in [0.15, 0.2) is 42.5 Å². The summed E-state index contributed by atoms with van der Waals surface area (Å²) < 4.78 is 25.2. The predicted molar refractivity (Wildman–Crippen MR) is 116 cm³/mol. The zero-order valence-electron chi connectivity index (χ0n) is 17.3. The summed E-state index contributed by atoms with van der Waals surface area (Å²) in [5, 5.41) is 12.0. The zero-order chi connectivity index (χ0) is 21.7. The van der Waals surface area contributed by atoms with Crippen LogP contribution in [-0.4, -0.2) is 43.0 Å². The number of urea groups is 1. The maximum Gasteiger partial charge on any atom is 0.322 e. The second-order valence-corrected chi connectivity index (χ2v) is 9.43. The molecule has 0 radical (unpaired) electrons. The van der Waals surface area contributed by atoms with Crippen LogP contribution in [0.1, 0.15) is 35.6 Å². The van der Waals surface area contributed by atoms with E-state index in [1.807, 2.05) is 37.3 Å². The number of sulfonamides is 1. The molecule has 3 rings (SSSR count). The highest BCUT2D eigenvalue weighted by Crippen LogP contribution is 2.27. The van der Waals surface area contributed by atoms with Crippen LogP contribution in [0.3, 0.4) is 0 Å². The SMILES string of the molecule is CCCN(Cc1ccc(C#N)cc1)C(=O)Nc1cccc2c1CCN(S(C)(=O)=O)C2. The molecular weight excluding hydrogens is 400 g/mol. The van der Waals surface area contributed by atoms with Gasteiger partial charge in [0.1, 0.15) is 0 Å². The van der Waals surface area contributed by atoms with Gasteiger partial charge in [-0.25, -0.2) is 13.2 Å². The molecule has 0 aromatic heterocycles. The van der Waals surface area contributed by atoms with Crippen molar-refractivity contribution < 1.29 is 13.2 Å². The molecule has 2 amide bonds. The molecule has 7 nitrogen and oxygen atoms in total. The van der Waals surface area contributed by atoms with Crippen molar-refractivity contribution in [2.45, 2.75) is 32.9 Å². The molecule has 8 heteroatoms. The fourth-order valence-corrected chi connectivity index (χ4v) is 4.40. The van der Waals surface area contributed by atoms with Crippen molar-refractivity contribution in [2.75, 3.05) is 24.7 Å². The van der Waals surface area contributed by atoms with Crippen molar-refractivity contribution in [3.8, 4) is 6.07 Å². The number of fused-ring (bicyclic) bond motifs is 1. The second-order valence-electron chi connectivity index (χ2n) is 7.45. The molecule has 0 atom stereocenters. The number of nitrogens with one attached hydrogen (secondary N) is 1. The molecule has 158 valence electrons. The Morgan fingerprint density at radius 1 is 1.23 bits per heavy atom. The number of hydrogen-bond donors (Lipinski definition) is 1. The predicted octanol–water partition coefficient (Wildman–Crippen LogP) is 3.32. The molecule has 1 aliphatic rings. The molecule has 0 bridgehead atoms. The molecule has 1 N–H and O–H groups in total. The summed E-state index contributed by atoms with van der Waals surface area (Å²) in [5.41, 5.74) is 4.17. The number of carbonyl (C=O) groups excluding carboxylic acids is 1. The fraction of sp³-hybridized carbons (Fsp3) is 0.364. The second kappa shape index (κ2) is 9.28. The molecule has 0 spiro atoms. The van der Waals surface area contributed by atoms with Gasteiger partial charge < -0.3 is 10.2 Å². The van der Waals surface area contributed by atoms with E-state index in [0.29, 0.717) is 38.2 Å². The summed E-state index contributed by atoms with van der Waals surface area (Å²) >= 11 is 0. The minimum Gasteiger partial charge on any atom is -0.320 e. The van der Waals surface area contributed by atoms with E-state index in [4.69, 9.17) is 5.26 Å². The van der Waals surface area contributed by atoms with Crippen LogP contribution in [0.2, 0.25) is 0 Å². The monoisotopic (exact) mass is 426 g/mol. The smallest absolute Gasteiger partial charge is 0.320 e. The third-order valence-electron chi connectivity index (χ3n) is 5.18. The van der Waals surface area contributed by atoms with Gasteiger partial charge in [-0.3, -0.25) is 0 Å². The van der Waals surface area contributed by atoms with E-state index in [1.54, 1.807) is 17.0 Å². The number of nitriles is 1. The Kier molecular flexibility index (Phi) is 6.75. The van der Waals surface area contributed by atoms with Crippen LogP contribution < -0.4 is 5.32 Å². The first kappa shape index (κ1) is 21.8. The summed E-state index contributed by atoms with van der Waals surface area (Å²) in [4.78, 5) is 14.7. The van der Waals surface area contributed by atoms with Crippen molar-refractivity contribution in [3.63, 3.8) is 0 Å². The van der Waals surface area contributed by atoms with E-state index in [2.05, 4.69) is 11.4 Å². The maximum atomic E-state index is 13.0. The molecule has 1 aliphatic heterocycles. The van der Waals surface area contributed by atoms with Crippen molar-refractivity contribution >= 4 is 21.7 Å². The van der Waals surface area contributed by atoms with Crippen molar-refractivity contribution in [3.05, 3.63) is 64.7 Å². The van der Waals surface area contributed by atoms with Gasteiger partial charge >= 0.3 is 6.03 Å². The minimum atomic E-state index is -3.25. The number of rotatable bonds is 6. The first-order valence-corrected chi connectivity index (χ1v) is 11.8. The molecule has 0 aliphatic carbocycles. The van der Waals surface area contributed by atoms with Gasteiger partial charge in [-0.1, -0.05) is 31.2 Å². The van der Waals surface area contributed by atoms with E-state index in [0.717, 1.165) is 28.8 Å². The number of hydrogen-bond acceptors (Lipinski definition) is 4. The highest BCUT2D eigenvalue weighted by molar-refractivity contribution is 7.88. The quantitative estimate of drug-likeness (QED) is 0.767. The normalized spacial score (nSPS) is 13.9. The van der Waals surface area contributed by atoms with E-state index in [9.17, 15) is 13.2 Å². The first-order chi connectivity index (χ1) is 14.3. The summed E-state index contributed by atoms with van der Waals surface area (Å²) in [6, 6.07) is 14.7. The van der Waals surface area contributed by atoms with Gasteiger partial charge in [-0.2, -0.15) is 9.57 Å². The summed E-state index contributed by atoms with van der Waals surface area (Å²) in [7, 11) is -3.25. The molecule has 0 saturated carbocycles. The first-order valence-electron chi connectivity index (χ1n) is 9.92. The lowest BCUT2D eigenvalue weighted by Crippen LogP contribution is -2.37. The molecule has 0 fully saturated rings. The van der Waals surface area contributed by atoms with Crippen LogP contribution in [0, 0.1) is 11.3 Å². The van der Waals surface area contributed by atoms with E-state index < -0.39 is 10.0 Å². The van der Waals surface area contributed by atoms with Gasteiger partial charge in [0, 0.05) is 31.9 Å². The number of nitrogens with zero attached hydrogens (tertiary/aromatic N) is 3. The Balaban J connectivity index is 1.75. The van der Waals surface area contributed by atoms with Gasteiger partial charge in [-0.05, 0) is 47.7 Å². The average molecular weight is 427 g/mol. The van der Waals surface area contributed by atoms with Gasteiger partial charge in [0.2, 0.25) is 10.0 Å². The summed E-state index contributed by atoms with van der Waals surface area (Å²) in [6.07, 6.45) is 2.59. The molecule has 0 saturated heterocycles. The van der Waals surface area contributed by atoms with Gasteiger partial charge in [-0.15, -0.1) is 0 Å². The third-order valence-corrected chi connectivity index (χ3v) is 6.43. The zero-order valence-corrected chi connectivity index (χ0v) is 18.1. The molecule has 2 aromatic rings. The fourth-order valence-electron chi connectivity index (χ4n) is 3.61. The van der Waals surface area contributed by atoms with Gasteiger partial charge in [0.25, 0.3) is 0 Å². The highest BCUT2D eigenvalue weighted by atomic mass is 32.2. The minimum absolute atomic E-state index is 0.194. The van der Waals surface area contributed by atoms with Crippen LogP contribution in [-0.2, 0) is 29.5 Å². The van der Waals surface area contributed by atoms with E-state index >= 15 is 0 Å². The lowest BCUT2D eigenvalue weighted by molar-refractivity contribution is 0.209. The topological polar surface area (TPSA) is 93.5 Å². The maximum absolute atomic E-state index is 13.0. The Bertz CT molecular complexity index is 1060. The number of carbonyl (C=O) groups is 1. The molecule has 30 heavy (non-hydrogen) atoms. The molecule has 0 unspecified atom stereocenters. The molecular formula is C22H26N4O3S. The Morgan fingerprint density at radius 2 is 1.97 bits per heavy atom. The van der Waals surface area contributed by atoms with Crippen LogP contribution >= 0.6 is 0 Å². The Hall–Kier alpha value is -2.89. The lowest BCUT2D eigenvalue weighted by atomic mass is 9.99. The van der Waals surface area contributed by atoms with Crippen molar-refractivity contribution in [1.29, 1.82) is 5.26 Å². The van der Waals surface area contributed by atoms with E-state index in [1.165, 1.54) is 10.6 Å². The van der Waals surface area contributed by atoms with Crippen LogP contribution in [0.5, 0.6) is 0 Å². The van der Waals surface area contributed by atoms with Gasteiger partial charge in [0.15, 0.2) is 0 Å². The van der Waals surface area contributed by atoms with Crippen LogP contribution in [0.25, 0.3) is 0 Å². The standard InChI is InChI=1S/C22H26N4O3S/c1-3-12-25(15-18-9-7-17(14-23)8-10-18)22(27)24-21-6-4-5-19-16-26(30(2,28)29)13-11-20(19)21/h4-10H,3,11-13,15-16H2,1-2H3,(H,24,27).